The summed E-state index contributed by atoms with van der Waals surface area (Å²) in [6.45, 7) is 3.25. The molecule has 0 radical (unpaired) electrons. The number of H-pyrrole nitrogens is 1. The van der Waals surface area contributed by atoms with Gasteiger partial charge in [0.05, 0.1) is 12.7 Å². The molecule has 0 amide bonds. The Morgan fingerprint density at radius 2 is 2.24 bits per heavy atom. The highest BCUT2D eigenvalue weighted by Crippen LogP contribution is 2.18. The summed E-state index contributed by atoms with van der Waals surface area (Å²) in [7, 11) is 0. The van der Waals surface area contributed by atoms with Crippen LogP contribution in [0.5, 0.6) is 0 Å². The Bertz CT molecular complexity index is 944. The molecule has 1 aliphatic rings. The van der Waals surface area contributed by atoms with E-state index in [-0.39, 0.29) is 5.69 Å². The van der Waals surface area contributed by atoms with Gasteiger partial charge < -0.3 is 15.6 Å². The number of benzene rings is 1. The van der Waals surface area contributed by atoms with Crippen molar-refractivity contribution in [3.8, 4) is 0 Å². The largest absolute Gasteiger partial charge is 0.354 e. The van der Waals surface area contributed by atoms with E-state index in [1.165, 1.54) is 0 Å². The molecule has 7 nitrogen and oxygen atoms in total. The predicted octanol–water partition coefficient (Wildman–Crippen LogP) is 1.84. The van der Waals surface area contributed by atoms with Gasteiger partial charge in [-0.3, -0.25) is 4.57 Å². The summed E-state index contributed by atoms with van der Waals surface area (Å²) in [6.07, 6.45) is 2.79. The topological polar surface area (TPSA) is 87.6 Å². The van der Waals surface area contributed by atoms with E-state index in [9.17, 15) is 4.79 Å². The first-order valence-electron chi connectivity index (χ1n) is 8.34. The number of halogens is 1. The number of fused-ring (bicyclic) bond motifs is 1. The van der Waals surface area contributed by atoms with Gasteiger partial charge in [0, 0.05) is 11.6 Å². The Labute approximate surface area is 149 Å². The van der Waals surface area contributed by atoms with Crippen LogP contribution in [0.25, 0.3) is 11.2 Å². The second-order valence-corrected chi connectivity index (χ2v) is 6.69. The average molecular weight is 359 g/mol. The maximum absolute atomic E-state index is 12.3. The molecule has 3 N–H and O–H groups in total. The van der Waals surface area contributed by atoms with Crippen LogP contribution < -0.4 is 16.3 Å². The van der Waals surface area contributed by atoms with Gasteiger partial charge in [0.25, 0.3) is 0 Å². The number of nitrogens with zero attached hydrogens (tertiary/aromatic N) is 3. The summed E-state index contributed by atoms with van der Waals surface area (Å²) in [5.74, 6) is 1.11. The highest BCUT2D eigenvalue weighted by Gasteiger charge is 2.15. The number of rotatable bonds is 5. The summed E-state index contributed by atoms with van der Waals surface area (Å²) < 4.78 is 1.58. The molecule has 2 aromatic heterocycles. The van der Waals surface area contributed by atoms with E-state index < -0.39 is 0 Å². The zero-order chi connectivity index (χ0) is 17.2. The maximum atomic E-state index is 12.3. The fourth-order valence-electron chi connectivity index (χ4n) is 3.10. The van der Waals surface area contributed by atoms with Crippen molar-refractivity contribution in [1.29, 1.82) is 0 Å². The van der Waals surface area contributed by atoms with E-state index in [0.29, 0.717) is 34.6 Å². The lowest BCUT2D eigenvalue weighted by Crippen LogP contribution is -2.19. The standard InChI is InChI=1S/C17H19ClN6O/c18-13-4-2-1-3-12(13)10-24-15-14(22-17(24)25)9-21-16(23-15)20-8-11-5-6-19-7-11/h1-4,9,11,19H,5-8,10H2,(H,22,25)(H,20,21,23)/t11-/m1/s1. The first kappa shape index (κ1) is 16.1. The Balaban J connectivity index is 1.62. The molecule has 1 atom stereocenters. The normalized spacial score (nSPS) is 17.2. The van der Waals surface area contributed by atoms with Gasteiger partial charge in [0.2, 0.25) is 5.95 Å². The number of aromatic nitrogens is 4. The van der Waals surface area contributed by atoms with Crippen molar-refractivity contribution in [3.63, 3.8) is 0 Å². The van der Waals surface area contributed by atoms with Crippen LogP contribution in [0.2, 0.25) is 5.02 Å². The molecule has 0 spiro atoms. The minimum Gasteiger partial charge on any atom is -0.354 e. The van der Waals surface area contributed by atoms with E-state index >= 15 is 0 Å². The van der Waals surface area contributed by atoms with Gasteiger partial charge >= 0.3 is 5.69 Å². The molecule has 3 heterocycles. The van der Waals surface area contributed by atoms with Crippen LogP contribution in [0.1, 0.15) is 12.0 Å². The van der Waals surface area contributed by atoms with Crippen molar-refractivity contribution in [2.24, 2.45) is 5.92 Å². The van der Waals surface area contributed by atoms with E-state index in [1.807, 2.05) is 24.3 Å². The zero-order valence-corrected chi connectivity index (χ0v) is 14.4. The third kappa shape index (κ3) is 3.38. The molecule has 1 fully saturated rings. The Kier molecular flexibility index (Phi) is 4.42. The first-order valence-corrected chi connectivity index (χ1v) is 8.72. The summed E-state index contributed by atoms with van der Waals surface area (Å²) in [5.41, 5.74) is 1.84. The molecule has 0 saturated carbocycles. The van der Waals surface area contributed by atoms with Crippen LogP contribution in [-0.4, -0.2) is 39.2 Å². The van der Waals surface area contributed by atoms with Gasteiger partial charge in [-0.25, -0.2) is 9.78 Å². The number of anilines is 1. The number of aromatic amines is 1. The second kappa shape index (κ2) is 6.85. The third-order valence-electron chi connectivity index (χ3n) is 4.51. The van der Waals surface area contributed by atoms with Crippen molar-refractivity contribution in [2.75, 3.05) is 25.0 Å². The Morgan fingerprint density at radius 1 is 1.36 bits per heavy atom. The van der Waals surface area contributed by atoms with Crippen LogP contribution in [0.15, 0.2) is 35.3 Å². The van der Waals surface area contributed by atoms with E-state index in [4.69, 9.17) is 11.6 Å². The van der Waals surface area contributed by atoms with Crippen molar-refractivity contribution >= 4 is 28.7 Å². The smallest absolute Gasteiger partial charge is 0.328 e. The van der Waals surface area contributed by atoms with Crippen LogP contribution in [-0.2, 0) is 6.54 Å². The summed E-state index contributed by atoms with van der Waals surface area (Å²) >= 11 is 6.22. The Morgan fingerprint density at radius 3 is 3.04 bits per heavy atom. The van der Waals surface area contributed by atoms with Crippen LogP contribution in [0.4, 0.5) is 5.95 Å². The van der Waals surface area contributed by atoms with E-state index in [2.05, 4.69) is 25.6 Å². The molecule has 25 heavy (non-hydrogen) atoms. The summed E-state index contributed by atoms with van der Waals surface area (Å²) in [5, 5.41) is 7.24. The molecule has 1 aromatic carbocycles. The highest BCUT2D eigenvalue weighted by molar-refractivity contribution is 6.31. The molecule has 130 valence electrons. The molecule has 0 unspecified atom stereocenters. The van der Waals surface area contributed by atoms with Gasteiger partial charge in [-0.15, -0.1) is 0 Å². The van der Waals surface area contributed by atoms with Crippen molar-refractivity contribution in [1.82, 2.24) is 24.8 Å². The first-order chi connectivity index (χ1) is 12.2. The zero-order valence-electron chi connectivity index (χ0n) is 13.6. The third-order valence-corrected chi connectivity index (χ3v) is 4.88. The lowest BCUT2D eigenvalue weighted by molar-refractivity contribution is 0.613. The SMILES string of the molecule is O=c1[nH]c2cnc(NC[C@@H]3CCNC3)nc2n1Cc1ccccc1Cl. The van der Waals surface area contributed by atoms with Crippen molar-refractivity contribution < 1.29 is 0 Å². The quantitative estimate of drug-likeness (QED) is 0.647. The number of hydrogen-bond donors (Lipinski definition) is 3. The van der Waals surface area contributed by atoms with Crippen molar-refractivity contribution in [3.05, 3.63) is 51.5 Å². The number of hydrogen-bond acceptors (Lipinski definition) is 5. The van der Waals surface area contributed by atoms with Crippen LogP contribution in [0, 0.1) is 5.92 Å². The molecule has 1 saturated heterocycles. The fraction of sp³-hybridized carbons (Fsp3) is 0.353. The molecular formula is C17H19ClN6O. The maximum Gasteiger partial charge on any atom is 0.328 e. The van der Waals surface area contributed by atoms with Crippen molar-refractivity contribution in [2.45, 2.75) is 13.0 Å². The van der Waals surface area contributed by atoms with Gasteiger partial charge in [-0.2, -0.15) is 4.98 Å². The van der Waals surface area contributed by atoms with Crippen LogP contribution in [0.3, 0.4) is 0 Å². The minimum atomic E-state index is -0.221. The molecule has 4 rings (SSSR count). The lowest BCUT2D eigenvalue weighted by Gasteiger charge is -2.10. The minimum absolute atomic E-state index is 0.221. The van der Waals surface area contributed by atoms with Gasteiger partial charge in [0.15, 0.2) is 5.65 Å². The average Bonchev–Trinajstić information content (AvgIpc) is 3.23. The molecule has 1 aliphatic heterocycles. The highest BCUT2D eigenvalue weighted by atomic mass is 35.5. The molecule has 0 aliphatic carbocycles. The molecule has 8 heteroatoms. The van der Waals surface area contributed by atoms with Gasteiger partial charge in [0.1, 0.15) is 5.52 Å². The molecular weight excluding hydrogens is 340 g/mol. The fourth-order valence-corrected chi connectivity index (χ4v) is 3.29. The summed E-state index contributed by atoms with van der Waals surface area (Å²) in [6, 6.07) is 7.49. The Hall–Kier alpha value is -2.38. The molecule has 3 aromatic rings. The van der Waals surface area contributed by atoms with Gasteiger partial charge in [-0.05, 0) is 37.1 Å². The van der Waals surface area contributed by atoms with E-state index in [1.54, 1.807) is 10.8 Å². The lowest BCUT2D eigenvalue weighted by atomic mass is 10.1. The number of nitrogens with one attached hydrogen (secondary N) is 3. The predicted molar refractivity (Wildman–Crippen MR) is 98.2 cm³/mol. The van der Waals surface area contributed by atoms with Gasteiger partial charge in [-0.1, -0.05) is 29.8 Å². The summed E-state index contributed by atoms with van der Waals surface area (Å²) in [4.78, 5) is 23.9. The second-order valence-electron chi connectivity index (χ2n) is 6.28. The number of imidazole rings is 1. The molecule has 0 bridgehead atoms. The van der Waals surface area contributed by atoms with E-state index in [0.717, 1.165) is 31.6 Å². The van der Waals surface area contributed by atoms with Crippen LogP contribution >= 0.6 is 11.6 Å². The monoisotopic (exact) mass is 358 g/mol.